The summed E-state index contributed by atoms with van der Waals surface area (Å²) in [6, 6.07) is 22.2. The summed E-state index contributed by atoms with van der Waals surface area (Å²) in [5.41, 5.74) is 3.88. The lowest BCUT2D eigenvalue weighted by Crippen LogP contribution is -1.88. The van der Waals surface area contributed by atoms with Gasteiger partial charge in [-0.2, -0.15) is 0 Å². The molecule has 0 bridgehead atoms. The highest BCUT2D eigenvalue weighted by atomic mass is 35.5. The lowest BCUT2D eigenvalue weighted by molar-refractivity contribution is 0.630. The van der Waals surface area contributed by atoms with E-state index in [0.29, 0.717) is 10.8 Å². The SMILES string of the molecule is Fc1cccc(Cl)c1-c1ncc(-c2ccc(C#Cc3ccccc3)cc2)[nH]1. The molecule has 0 saturated heterocycles. The topological polar surface area (TPSA) is 28.7 Å². The van der Waals surface area contributed by atoms with E-state index in [1.165, 1.54) is 6.07 Å². The van der Waals surface area contributed by atoms with Gasteiger partial charge in [0.15, 0.2) is 0 Å². The van der Waals surface area contributed by atoms with E-state index in [4.69, 9.17) is 11.6 Å². The van der Waals surface area contributed by atoms with Gasteiger partial charge in [-0.15, -0.1) is 0 Å². The van der Waals surface area contributed by atoms with Crippen LogP contribution in [-0.2, 0) is 0 Å². The van der Waals surface area contributed by atoms with Crippen LogP contribution in [0, 0.1) is 17.7 Å². The molecule has 2 nitrogen and oxygen atoms in total. The fraction of sp³-hybridized carbons (Fsp3) is 0. The molecule has 0 amide bonds. The van der Waals surface area contributed by atoms with Crippen LogP contribution in [0.5, 0.6) is 0 Å². The normalized spacial score (nSPS) is 10.3. The van der Waals surface area contributed by atoms with E-state index in [1.807, 2.05) is 54.6 Å². The second-order valence-corrected chi connectivity index (χ2v) is 6.34. The molecule has 0 radical (unpaired) electrons. The molecule has 0 aliphatic rings. The number of aromatic amines is 1. The van der Waals surface area contributed by atoms with E-state index >= 15 is 0 Å². The van der Waals surface area contributed by atoms with Crippen LogP contribution in [0.2, 0.25) is 5.02 Å². The summed E-state index contributed by atoms with van der Waals surface area (Å²) in [6.07, 6.45) is 1.67. The second-order valence-electron chi connectivity index (χ2n) is 5.94. The fourth-order valence-corrected chi connectivity index (χ4v) is 2.97. The average Bonchev–Trinajstić information content (AvgIpc) is 3.17. The molecule has 4 rings (SSSR count). The zero-order valence-electron chi connectivity index (χ0n) is 14.2. The zero-order valence-corrected chi connectivity index (χ0v) is 15.0. The van der Waals surface area contributed by atoms with Crippen molar-refractivity contribution in [2.75, 3.05) is 0 Å². The zero-order chi connectivity index (χ0) is 18.6. The van der Waals surface area contributed by atoms with Gasteiger partial charge in [0.1, 0.15) is 11.6 Å². The van der Waals surface area contributed by atoms with Crippen molar-refractivity contribution >= 4 is 11.6 Å². The van der Waals surface area contributed by atoms with Crippen molar-refractivity contribution in [1.82, 2.24) is 9.97 Å². The Labute approximate surface area is 161 Å². The number of benzene rings is 3. The van der Waals surface area contributed by atoms with Crippen LogP contribution in [0.4, 0.5) is 4.39 Å². The second kappa shape index (κ2) is 7.49. The molecule has 0 saturated carbocycles. The van der Waals surface area contributed by atoms with Crippen molar-refractivity contribution in [2.45, 2.75) is 0 Å². The predicted octanol–water partition coefficient (Wildman–Crippen LogP) is 5.94. The lowest BCUT2D eigenvalue weighted by Gasteiger charge is -2.02. The van der Waals surface area contributed by atoms with Gasteiger partial charge in [0.2, 0.25) is 0 Å². The first-order valence-electron chi connectivity index (χ1n) is 8.37. The molecule has 1 N–H and O–H groups in total. The Morgan fingerprint density at radius 1 is 0.815 bits per heavy atom. The summed E-state index contributed by atoms with van der Waals surface area (Å²) < 4.78 is 14.1. The van der Waals surface area contributed by atoms with Crippen molar-refractivity contribution in [3.63, 3.8) is 0 Å². The highest BCUT2D eigenvalue weighted by Gasteiger charge is 2.13. The number of nitrogens with one attached hydrogen (secondary N) is 1. The van der Waals surface area contributed by atoms with E-state index in [2.05, 4.69) is 21.8 Å². The summed E-state index contributed by atoms with van der Waals surface area (Å²) in [6.45, 7) is 0. The maximum atomic E-state index is 14.1. The number of hydrogen-bond acceptors (Lipinski definition) is 1. The third-order valence-corrected chi connectivity index (χ3v) is 4.41. The summed E-state index contributed by atoms with van der Waals surface area (Å²) in [5, 5.41) is 0.322. The van der Waals surface area contributed by atoms with E-state index < -0.39 is 5.82 Å². The molecule has 4 aromatic rings. The number of halogens is 2. The highest BCUT2D eigenvalue weighted by molar-refractivity contribution is 6.33. The van der Waals surface area contributed by atoms with Gasteiger partial charge in [0.05, 0.1) is 22.5 Å². The Morgan fingerprint density at radius 3 is 2.22 bits per heavy atom. The number of aromatic nitrogens is 2. The van der Waals surface area contributed by atoms with E-state index in [1.54, 1.807) is 18.3 Å². The third-order valence-electron chi connectivity index (χ3n) is 4.10. The molecule has 0 fully saturated rings. The van der Waals surface area contributed by atoms with Gasteiger partial charge in [-0.3, -0.25) is 0 Å². The molecule has 1 heterocycles. The van der Waals surface area contributed by atoms with Crippen LogP contribution < -0.4 is 0 Å². The monoisotopic (exact) mass is 372 g/mol. The number of nitrogens with zero attached hydrogens (tertiary/aromatic N) is 1. The van der Waals surface area contributed by atoms with Gasteiger partial charge >= 0.3 is 0 Å². The van der Waals surface area contributed by atoms with Crippen LogP contribution in [0.25, 0.3) is 22.6 Å². The van der Waals surface area contributed by atoms with Gasteiger partial charge in [0, 0.05) is 11.1 Å². The standard InChI is InChI=1S/C23H14ClFN2/c24-19-7-4-8-20(25)22(19)23-26-15-21(27-23)18-13-11-17(12-14-18)10-9-16-5-2-1-3-6-16/h1-8,11-15H,(H,26,27). The summed E-state index contributed by atoms with van der Waals surface area (Å²) in [4.78, 5) is 7.41. The minimum atomic E-state index is -0.407. The van der Waals surface area contributed by atoms with Crippen molar-refractivity contribution in [3.8, 4) is 34.5 Å². The van der Waals surface area contributed by atoms with Crippen LogP contribution >= 0.6 is 11.6 Å². The Hall–Kier alpha value is -3.35. The smallest absolute Gasteiger partial charge is 0.142 e. The van der Waals surface area contributed by atoms with Crippen molar-refractivity contribution in [2.24, 2.45) is 0 Å². The molecule has 130 valence electrons. The molecular formula is C23H14ClFN2. The minimum Gasteiger partial charge on any atom is -0.338 e. The Morgan fingerprint density at radius 2 is 1.52 bits per heavy atom. The van der Waals surface area contributed by atoms with Crippen LogP contribution in [0.15, 0.2) is 79.0 Å². The molecule has 0 atom stereocenters. The summed E-state index contributed by atoms with van der Waals surface area (Å²) >= 11 is 6.11. The minimum absolute atomic E-state index is 0.274. The van der Waals surface area contributed by atoms with Crippen LogP contribution in [0.3, 0.4) is 0 Å². The highest BCUT2D eigenvalue weighted by Crippen LogP contribution is 2.30. The molecular weight excluding hydrogens is 359 g/mol. The molecule has 1 aromatic heterocycles. The molecule has 3 aromatic carbocycles. The number of imidazole rings is 1. The molecule has 27 heavy (non-hydrogen) atoms. The van der Waals surface area contributed by atoms with Crippen molar-refractivity contribution in [3.05, 3.63) is 101 Å². The fourth-order valence-electron chi connectivity index (χ4n) is 2.72. The first-order valence-corrected chi connectivity index (χ1v) is 8.75. The molecule has 0 aliphatic carbocycles. The number of H-pyrrole nitrogens is 1. The molecule has 0 unspecified atom stereocenters. The van der Waals surface area contributed by atoms with Gasteiger partial charge in [0.25, 0.3) is 0 Å². The maximum Gasteiger partial charge on any atom is 0.142 e. The third kappa shape index (κ3) is 3.76. The van der Waals surface area contributed by atoms with Gasteiger partial charge in [-0.05, 0) is 42.0 Å². The van der Waals surface area contributed by atoms with E-state index in [0.717, 1.165) is 22.4 Å². The lowest BCUT2D eigenvalue weighted by atomic mass is 10.1. The van der Waals surface area contributed by atoms with Gasteiger partial charge in [-0.1, -0.05) is 59.8 Å². The first-order chi connectivity index (χ1) is 13.2. The predicted molar refractivity (Wildman–Crippen MR) is 107 cm³/mol. The number of rotatable bonds is 2. The first kappa shape index (κ1) is 17.1. The largest absolute Gasteiger partial charge is 0.338 e. The maximum absolute atomic E-state index is 14.1. The summed E-state index contributed by atoms with van der Waals surface area (Å²) in [5.74, 6) is 6.27. The number of hydrogen-bond donors (Lipinski definition) is 1. The van der Waals surface area contributed by atoms with Gasteiger partial charge in [-0.25, -0.2) is 9.37 Å². The Balaban J connectivity index is 1.59. The Bertz CT molecular complexity index is 1120. The van der Waals surface area contributed by atoms with E-state index in [-0.39, 0.29) is 5.56 Å². The van der Waals surface area contributed by atoms with E-state index in [9.17, 15) is 4.39 Å². The quantitative estimate of drug-likeness (QED) is 0.434. The van der Waals surface area contributed by atoms with Crippen molar-refractivity contribution < 1.29 is 4.39 Å². The Kier molecular flexibility index (Phi) is 4.74. The molecule has 4 heteroatoms. The van der Waals surface area contributed by atoms with Gasteiger partial charge < -0.3 is 4.98 Å². The van der Waals surface area contributed by atoms with Crippen LogP contribution in [-0.4, -0.2) is 9.97 Å². The average molecular weight is 373 g/mol. The van der Waals surface area contributed by atoms with Crippen LogP contribution in [0.1, 0.15) is 11.1 Å². The molecule has 0 aliphatic heterocycles. The molecule has 0 spiro atoms. The summed E-state index contributed by atoms with van der Waals surface area (Å²) in [7, 11) is 0. The van der Waals surface area contributed by atoms with Crippen molar-refractivity contribution in [1.29, 1.82) is 0 Å².